The van der Waals surface area contributed by atoms with E-state index in [1.54, 1.807) is 6.07 Å². The van der Waals surface area contributed by atoms with E-state index in [1.807, 2.05) is 6.92 Å². The fraction of sp³-hybridized carbons (Fsp3) is 0.533. The molecule has 0 aromatic heterocycles. The first-order chi connectivity index (χ1) is 9.03. The van der Waals surface area contributed by atoms with E-state index in [1.165, 1.54) is 13.2 Å². The summed E-state index contributed by atoms with van der Waals surface area (Å²) in [4.78, 5) is 11.8. The molecule has 0 aliphatic heterocycles. The Labute approximate surface area is 112 Å². The van der Waals surface area contributed by atoms with Crippen LogP contribution in [0.4, 0.5) is 4.39 Å². The van der Waals surface area contributed by atoms with Crippen LogP contribution in [0.15, 0.2) is 12.1 Å². The molecule has 4 heteroatoms. The van der Waals surface area contributed by atoms with Crippen LogP contribution >= 0.6 is 0 Å². The third-order valence-corrected chi connectivity index (χ3v) is 4.12. The van der Waals surface area contributed by atoms with Crippen molar-refractivity contribution in [1.82, 2.24) is 0 Å². The molecule has 0 unspecified atom stereocenters. The van der Waals surface area contributed by atoms with Gasteiger partial charge in [-0.1, -0.05) is 25.3 Å². The average molecular weight is 266 g/mol. The summed E-state index contributed by atoms with van der Waals surface area (Å²) in [7, 11) is 1.39. The summed E-state index contributed by atoms with van der Waals surface area (Å²) in [5.74, 6) is -1.28. The summed E-state index contributed by atoms with van der Waals surface area (Å²) >= 11 is 0. The maximum Gasteiger partial charge on any atom is 0.314 e. The van der Waals surface area contributed by atoms with Gasteiger partial charge in [0.25, 0.3) is 0 Å². The molecule has 0 heterocycles. The van der Waals surface area contributed by atoms with Crippen LogP contribution in [0.25, 0.3) is 0 Å². The molecule has 104 valence electrons. The smallest absolute Gasteiger partial charge is 0.314 e. The number of halogens is 1. The second-order valence-electron chi connectivity index (χ2n) is 5.22. The zero-order valence-electron chi connectivity index (χ0n) is 11.3. The summed E-state index contributed by atoms with van der Waals surface area (Å²) in [6.07, 6.45) is 3.83. The number of rotatable bonds is 3. The highest BCUT2D eigenvalue weighted by molar-refractivity contribution is 5.83. The molecular weight excluding hydrogens is 247 g/mol. The molecule has 3 nitrogen and oxygen atoms in total. The highest BCUT2D eigenvalue weighted by Gasteiger charge is 2.44. The Kier molecular flexibility index (Phi) is 3.78. The maximum atomic E-state index is 13.9. The predicted molar refractivity (Wildman–Crippen MR) is 70.1 cm³/mol. The van der Waals surface area contributed by atoms with Crippen molar-refractivity contribution >= 4 is 5.97 Å². The number of hydrogen-bond donors (Lipinski definition) is 1. The first-order valence-electron chi connectivity index (χ1n) is 6.60. The molecule has 0 atom stereocenters. The average Bonchev–Trinajstić information content (AvgIpc) is 2.41. The molecule has 1 aliphatic rings. The van der Waals surface area contributed by atoms with Crippen molar-refractivity contribution in [3.05, 3.63) is 29.1 Å². The standard InChI is InChI=1S/C15H19FO3/c1-10-6-7-11(16)13(19-2)12(10)15(14(17)18)8-4-3-5-9-15/h6-7H,3-5,8-9H2,1-2H3,(H,17,18). The van der Waals surface area contributed by atoms with Crippen molar-refractivity contribution < 1.29 is 19.0 Å². The van der Waals surface area contributed by atoms with Gasteiger partial charge in [0, 0.05) is 5.56 Å². The fourth-order valence-corrected chi connectivity index (χ4v) is 3.18. The van der Waals surface area contributed by atoms with Crippen LogP contribution in [0.5, 0.6) is 5.75 Å². The quantitative estimate of drug-likeness (QED) is 0.911. The van der Waals surface area contributed by atoms with Crippen LogP contribution in [0.1, 0.15) is 43.2 Å². The lowest BCUT2D eigenvalue weighted by Gasteiger charge is -2.35. The lowest BCUT2D eigenvalue weighted by atomic mass is 9.68. The van der Waals surface area contributed by atoms with Crippen LogP contribution in [0.3, 0.4) is 0 Å². The van der Waals surface area contributed by atoms with Gasteiger partial charge in [-0.2, -0.15) is 0 Å². The van der Waals surface area contributed by atoms with Gasteiger partial charge < -0.3 is 9.84 Å². The topological polar surface area (TPSA) is 46.5 Å². The maximum absolute atomic E-state index is 13.9. The van der Waals surface area contributed by atoms with Crippen LogP contribution < -0.4 is 4.74 Å². The van der Waals surface area contributed by atoms with E-state index in [4.69, 9.17) is 4.74 Å². The van der Waals surface area contributed by atoms with Gasteiger partial charge in [-0.3, -0.25) is 4.79 Å². The van der Waals surface area contributed by atoms with Gasteiger partial charge in [0.05, 0.1) is 12.5 Å². The van der Waals surface area contributed by atoms with E-state index in [0.717, 1.165) is 24.8 Å². The Morgan fingerprint density at radius 1 is 1.32 bits per heavy atom. The van der Waals surface area contributed by atoms with Gasteiger partial charge in [0.2, 0.25) is 0 Å². The molecule has 1 fully saturated rings. The van der Waals surface area contributed by atoms with E-state index in [9.17, 15) is 14.3 Å². The van der Waals surface area contributed by atoms with Gasteiger partial charge in [0.1, 0.15) is 0 Å². The molecular formula is C15H19FO3. The summed E-state index contributed by atoms with van der Waals surface area (Å²) < 4.78 is 19.0. The Balaban J connectivity index is 2.66. The number of carboxylic acid groups (broad SMARTS) is 1. The number of carbonyl (C=O) groups is 1. The van der Waals surface area contributed by atoms with Crippen LogP contribution in [-0.4, -0.2) is 18.2 Å². The molecule has 2 rings (SSSR count). The van der Waals surface area contributed by atoms with Gasteiger partial charge in [-0.15, -0.1) is 0 Å². The van der Waals surface area contributed by atoms with Crippen molar-refractivity contribution in [2.45, 2.75) is 44.4 Å². The summed E-state index contributed by atoms with van der Waals surface area (Å²) in [6, 6.07) is 2.96. The number of aliphatic carboxylic acids is 1. The summed E-state index contributed by atoms with van der Waals surface area (Å²) in [5, 5.41) is 9.70. The number of aryl methyl sites for hydroxylation is 1. The molecule has 0 radical (unpaired) electrons. The summed E-state index contributed by atoms with van der Waals surface area (Å²) in [5.41, 5.74) is 0.292. The minimum Gasteiger partial charge on any atom is -0.493 e. The highest BCUT2D eigenvalue weighted by atomic mass is 19.1. The van der Waals surface area contributed by atoms with Crippen molar-refractivity contribution in [2.24, 2.45) is 0 Å². The zero-order chi connectivity index (χ0) is 14.0. The molecule has 0 amide bonds. The predicted octanol–water partition coefficient (Wildman–Crippen LogP) is 3.43. The number of ether oxygens (including phenoxy) is 1. The van der Waals surface area contributed by atoms with E-state index < -0.39 is 17.2 Å². The Morgan fingerprint density at radius 3 is 2.47 bits per heavy atom. The Bertz CT molecular complexity index is 490. The third kappa shape index (κ3) is 2.20. The lowest BCUT2D eigenvalue weighted by molar-refractivity contribution is -0.145. The molecule has 19 heavy (non-hydrogen) atoms. The highest BCUT2D eigenvalue weighted by Crippen LogP contribution is 2.45. The number of carboxylic acids is 1. The molecule has 0 bridgehead atoms. The van der Waals surface area contributed by atoms with E-state index in [0.29, 0.717) is 18.4 Å². The molecule has 0 saturated heterocycles. The minimum absolute atomic E-state index is 0.0873. The van der Waals surface area contributed by atoms with Gasteiger partial charge in [-0.05, 0) is 31.4 Å². The van der Waals surface area contributed by atoms with Crippen LogP contribution in [-0.2, 0) is 10.2 Å². The minimum atomic E-state index is -1.00. The number of benzene rings is 1. The SMILES string of the molecule is COc1c(F)ccc(C)c1C1(C(=O)O)CCCCC1. The van der Waals surface area contributed by atoms with Crippen molar-refractivity contribution in [3.63, 3.8) is 0 Å². The van der Waals surface area contributed by atoms with E-state index >= 15 is 0 Å². The first kappa shape index (κ1) is 13.8. The molecule has 1 saturated carbocycles. The molecule has 0 spiro atoms. The third-order valence-electron chi connectivity index (χ3n) is 4.12. The Morgan fingerprint density at radius 2 is 1.95 bits per heavy atom. The monoisotopic (exact) mass is 266 g/mol. The lowest BCUT2D eigenvalue weighted by Crippen LogP contribution is -2.39. The molecule has 1 N–H and O–H groups in total. The fourth-order valence-electron chi connectivity index (χ4n) is 3.18. The number of methoxy groups -OCH3 is 1. The molecule has 1 aromatic rings. The second-order valence-corrected chi connectivity index (χ2v) is 5.22. The largest absolute Gasteiger partial charge is 0.493 e. The second kappa shape index (κ2) is 5.19. The molecule has 1 aliphatic carbocycles. The number of hydrogen-bond acceptors (Lipinski definition) is 2. The van der Waals surface area contributed by atoms with Crippen molar-refractivity contribution in [3.8, 4) is 5.75 Å². The van der Waals surface area contributed by atoms with Crippen LogP contribution in [0, 0.1) is 12.7 Å². The molecule has 1 aromatic carbocycles. The van der Waals surface area contributed by atoms with Crippen molar-refractivity contribution in [2.75, 3.05) is 7.11 Å². The van der Waals surface area contributed by atoms with E-state index in [2.05, 4.69) is 0 Å². The van der Waals surface area contributed by atoms with Crippen LogP contribution in [0.2, 0.25) is 0 Å². The van der Waals surface area contributed by atoms with Gasteiger partial charge in [-0.25, -0.2) is 4.39 Å². The van der Waals surface area contributed by atoms with Gasteiger partial charge in [0.15, 0.2) is 11.6 Å². The first-order valence-corrected chi connectivity index (χ1v) is 6.60. The summed E-state index contributed by atoms with van der Waals surface area (Å²) in [6.45, 7) is 1.82. The normalized spacial score (nSPS) is 18.1. The van der Waals surface area contributed by atoms with E-state index in [-0.39, 0.29) is 5.75 Å². The van der Waals surface area contributed by atoms with Gasteiger partial charge >= 0.3 is 5.97 Å². The Hall–Kier alpha value is -1.58. The zero-order valence-corrected chi connectivity index (χ0v) is 11.3. The van der Waals surface area contributed by atoms with Crippen molar-refractivity contribution in [1.29, 1.82) is 0 Å².